The molecule has 38 heavy (non-hydrogen) atoms. The molecule has 2 atom stereocenters. The summed E-state index contributed by atoms with van der Waals surface area (Å²) in [4.78, 5) is 34.4. The smallest absolute Gasteiger partial charge is 0.328 e. The van der Waals surface area contributed by atoms with Crippen LogP contribution in [0.2, 0.25) is 0 Å². The topological polar surface area (TPSA) is 129 Å². The molecule has 1 aromatic heterocycles. The number of ether oxygens (including phenoxy) is 1. The molecule has 5 rings (SSSR count). The third-order valence-corrected chi connectivity index (χ3v) is 7.57. The van der Waals surface area contributed by atoms with Crippen LogP contribution in [0.15, 0.2) is 42.6 Å². The van der Waals surface area contributed by atoms with E-state index in [1.165, 1.54) is 27.6 Å². The van der Waals surface area contributed by atoms with Gasteiger partial charge in [0.1, 0.15) is 6.10 Å². The van der Waals surface area contributed by atoms with E-state index < -0.39 is 11.9 Å². The van der Waals surface area contributed by atoms with E-state index in [-0.39, 0.29) is 24.1 Å². The van der Waals surface area contributed by atoms with Gasteiger partial charge in [-0.05, 0) is 75.8 Å². The molecule has 0 amide bonds. The Morgan fingerprint density at radius 1 is 1.05 bits per heavy atom. The van der Waals surface area contributed by atoms with Gasteiger partial charge in [-0.1, -0.05) is 18.2 Å². The van der Waals surface area contributed by atoms with E-state index in [4.69, 9.17) is 14.9 Å². The maximum Gasteiger partial charge on any atom is 0.328 e. The number of carboxylic acids is 2. The highest BCUT2D eigenvalue weighted by atomic mass is 16.5. The first-order chi connectivity index (χ1) is 18.0. The molecule has 0 spiro atoms. The number of hydrogen-bond acceptors (Lipinski definition) is 6. The number of carboxylic acid groups (broad SMARTS) is 2. The van der Waals surface area contributed by atoms with Gasteiger partial charge in [0.25, 0.3) is 0 Å². The van der Waals surface area contributed by atoms with Crippen LogP contribution < -0.4 is 0 Å². The van der Waals surface area contributed by atoms with E-state index in [0.717, 1.165) is 32.1 Å². The molecular weight excluding hydrogens is 488 g/mol. The fourth-order valence-corrected chi connectivity index (χ4v) is 5.72. The second-order valence-corrected chi connectivity index (χ2v) is 10.6. The molecule has 1 fully saturated rings. The van der Waals surface area contributed by atoms with Crippen molar-refractivity contribution in [2.24, 2.45) is 5.92 Å². The minimum absolute atomic E-state index is 0.0520. The molecule has 9 heteroatoms. The minimum atomic E-state index is -1.26. The average molecular weight is 525 g/mol. The van der Waals surface area contributed by atoms with Gasteiger partial charge in [0, 0.05) is 47.9 Å². The summed E-state index contributed by atoms with van der Waals surface area (Å²) in [5.41, 5.74) is 5.22. The van der Waals surface area contributed by atoms with Crippen molar-refractivity contribution in [2.75, 3.05) is 13.6 Å². The maximum atomic E-state index is 13.0. The van der Waals surface area contributed by atoms with Crippen molar-refractivity contribution < 1.29 is 34.4 Å². The average Bonchev–Trinajstić information content (AvgIpc) is 3.25. The zero-order valence-corrected chi connectivity index (χ0v) is 22.0. The Bertz CT molecular complexity index is 1250. The molecule has 0 saturated heterocycles. The molecule has 9 nitrogen and oxygen atoms in total. The predicted molar refractivity (Wildman–Crippen MR) is 143 cm³/mol. The van der Waals surface area contributed by atoms with E-state index in [2.05, 4.69) is 60.8 Å². The van der Waals surface area contributed by atoms with Gasteiger partial charge >= 0.3 is 17.9 Å². The first-order valence-electron chi connectivity index (χ1n) is 13.1. The highest BCUT2D eigenvalue weighted by Crippen LogP contribution is 2.42. The Kier molecular flexibility index (Phi) is 8.38. The summed E-state index contributed by atoms with van der Waals surface area (Å²) in [6.45, 7) is 5.14. The fraction of sp³-hybridized carbons (Fsp3) is 0.483. The second kappa shape index (κ2) is 11.5. The van der Waals surface area contributed by atoms with E-state index in [1.54, 1.807) is 0 Å². The highest BCUT2D eigenvalue weighted by molar-refractivity contribution is 5.99. The summed E-state index contributed by atoms with van der Waals surface area (Å²) in [6, 6.07) is 7.27. The lowest BCUT2D eigenvalue weighted by molar-refractivity contribution is -0.155. The van der Waals surface area contributed by atoms with Crippen LogP contribution in [0, 0.1) is 5.92 Å². The molecule has 2 heterocycles. The van der Waals surface area contributed by atoms with Crippen LogP contribution in [0.3, 0.4) is 0 Å². The number of rotatable bonds is 5. The Balaban J connectivity index is 0.000000368. The summed E-state index contributed by atoms with van der Waals surface area (Å²) in [6.07, 6.45) is 9.29. The van der Waals surface area contributed by atoms with E-state index in [1.807, 2.05) is 0 Å². The number of carbonyl (C=O) groups is 3. The third kappa shape index (κ3) is 6.00. The number of aliphatic carboxylic acids is 2. The van der Waals surface area contributed by atoms with Crippen LogP contribution in [-0.4, -0.2) is 74.5 Å². The van der Waals surface area contributed by atoms with Crippen molar-refractivity contribution in [3.8, 4) is 0 Å². The van der Waals surface area contributed by atoms with Gasteiger partial charge in [-0.3, -0.25) is 9.69 Å². The van der Waals surface area contributed by atoms with Crippen molar-refractivity contribution in [1.82, 2.24) is 9.47 Å². The summed E-state index contributed by atoms with van der Waals surface area (Å²) in [5.74, 6) is -2.87. The molecule has 204 valence electrons. The third-order valence-electron chi connectivity index (χ3n) is 7.57. The van der Waals surface area contributed by atoms with Gasteiger partial charge in [-0.15, -0.1) is 0 Å². The molecule has 3 N–H and O–H groups in total. The van der Waals surface area contributed by atoms with Crippen molar-refractivity contribution in [3.63, 3.8) is 0 Å². The SMILES string of the molecule is CC(C)n1cc2c3c(cccc31)C1=C[C@@H](C(=O)O[C@H]3CC[C@@H](O)CC3)CN(C)[C@@H]1C2.O=C(O)/C=C\C(=O)O. The molecular formula is C29H36N2O7. The number of aromatic nitrogens is 1. The van der Waals surface area contributed by atoms with Crippen molar-refractivity contribution in [3.05, 3.63) is 53.8 Å². The number of hydrogen-bond donors (Lipinski definition) is 3. The summed E-state index contributed by atoms with van der Waals surface area (Å²) >= 11 is 0. The van der Waals surface area contributed by atoms with Crippen LogP contribution in [0.5, 0.6) is 0 Å². The quantitative estimate of drug-likeness (QED) is 0.399. The van der Waals surface area contributed by atoms with Crippen molar-refractivity contribution >= 4 is 34.4 Å². The van der Waals surface area contributed by atoms with Crippen LogP contribution >= 0.6 is 0 Å². The first-order valence-corrected chi connectivity index (χ1v) is 13.1. The largest absolute Gasteiger partial charge is 0.478 e. The van der Waals surface area contributed by atoms with Crippen LogP contribution in [-0.2, 0) is 25.5 Å². The standard InChI is InChI=1S/C25H32N2O3.C4H4O4/c1-15(2)27-14-16-12-23-21(20-5-4-6-22(27)24(16)20)11-17(13-26(23)3)25(29)30-19-9-7-18(28)8-10-19;5-3(6)1-2-4(7)8/h4-6,11,14-15,17-19,23,28H,7-10,12-13H2,1-3H3;1-2H,(H,5,6)(H,7,8)/b;2-1-/t17-,18-,19+,23-;/m1./s1. The molecule has 1 aromatic carbocycles. The van der Waals surface area contributed by atoms with Crippen LogP contribution in [0.4, 0.5) is 0 Å². The molecule has 1 aliphatic heterocycles. The summed E-state index contributed by atoms with van der Waals surface area (Å²) < 4.78 is 8.23. The van der Waals surface area contributed by atoms with Crippen molar-refractivity contribution in [2.45, 2.75) is 70.2 Å². The lowest BCUT2D eigenvalue weighted by atomic mass is 9.80. The molecule has 0 radical (unpaired) electrons. The van der Waals surface area contributed by atoms with Crippen LogP contribution in [0.25, 0.3) is 16.5 Å². The van der Waals surface area contributed by atoms with Crippen LogP contribution in [0.1, 0.15) is 56.7 Å². The molecule has 1 saturated carbocycles. The number of benzene rings is 1. The number of carbonyl (C=O) groups excluding carboxylic acids is 1. The maximum absolute atomic E-state index is 13.0. The Hall–Kier alpha value is -3.43. The van der Waals surface area contributed by atoms with Gasteiger partial charge in [-0.25, -0.2) is 9.59 Å². The number of likely N-dealkylation sites (N-methyl/N-ethyl adjacent to an activating group) is 1. The summed E-state index contributed by atoms with van der Waals surface area (Å²) in [7, 11) is 2.12. The van der Waals surface area contributed by atoms with E-state index >= 15 is 0 Å². The molecule has 2 aromatic rings. The second-order valence-electron chi connectivity index (χ2n) is 10.6. The lowest BCUT2D eigenvalue weighted by Crippen LogP contribution is -2.45. The number of aliphatic hydroxyl groups excluding tert-OH is 1. The number of aliphatic hydroxyl groups is 1. The Morgan fingerprint density at radius 3 is 2.32 bits per heavy atom. The Labute approximate surface area is 222 Å². The molecule has 0 unspecified atom stereocenters. The molecule has 0 bridgehead atoms. The monoisotopic (exact) mass is 524 g/mol. The van der Waals surface area contributed by atoms with Gasteiger partial charge in [-0.2, -0.15) is 0 Å². The number of nitrogens with zero attached hydrogens (tertiary/aromatic N) is 2. The van der Waals surface area contributed by atoms with Gasteiger partial charge in [0.15, 0.2) is 0 Å². The van der Waals surface area contributed by atoms with Gasteiger partial charge in [0.05, 0.1) is 12.0 Å². The van der Waals surface area contributed by atoms with E-state index in [9.17, 15) is 19.5 Å². The zero-order valence-electron chi connectivity index (χ0n) is 22.0. The summed E-state index contributed by atoms with van der Waals surface area (Å²) in [5, 5.41) is 26.7. The lowest BCUT2D eigenvalue weighted by Gasteiger charge is -2.39. The van der Waals surface area contributed by atoms with Gasteiger partial charge in [0.2, 0.25) is 0 Å². The predicted octanol–water partition coefficient (Wildman–Crippen LogP) is 3.65. The number of fused-ring (bicyclic) bond motifs is 2. The zero-order chi connectivity index (χ0) is 27.6. The van der Waals surface area contributed by atoms with Crippen molar-refractivity contribution in [1.29, 1.82) is 0 Å². The first kappa shape index (κ1) is 27.6. The van der Waals surface area contributed by atoms with Gasteiger partial charge < -0.3 is 24.6 Å². The van der Waals surface area contributed by atoms with E-state index in [0.29, 0.717) is 30.8 Å². The molecule has 2 aliphatic carbocycles. The minimum Gasteiger partial charge on any atom is -0.478 e. The highest BCUT2D eigenvalue weighted by Gasteiger charge is 2.37. The normalized spacial score (nSPS) is 24.9. The molecule has 3 aliphatic rings. The number of esters is 1. The Morgan fingerprint density at radius 2 is 1.71 bits per heavy atom. The fourth-order valence-electron chi connectivity index (χ4n) is 5.72.